The third-order valence-corrected chi connectivity index (χ3v) is 2.13. The van der Waals surface area contributed by atoms with E-state index in [1.54, 1.807) is 0 Å². The maximum atomic E-state index is 11.6. The monoisotopic (exact) mass is 255 g/mol. The highest BCUT2D eigenvalue weighted by molar-refractivity contribution is 5.93. The van der Waals surface area contributed by atoms with Crippen molar-refractivity contribution in [3.63, 3.8) is 0 Å². The topological polar surface area (TPSA) is 117 Å². The minimum Gasteiger partial charge on any atom is -0.481 e. The van der Waals surface area contributed by atoms with Gasteiger partial charge in [0.1, 0.15) is 6.26 Å². The Labute approximate surface area is 102 Å². The number of nitrogens with one attached hydrogen (secondary N) is 1. The lowest BCUT2D eigenvalue weighted by Gasteiger charge is -2.21. The molecule has 0 fully saturated rings. The lowest BCUT2D eigenvalue weighted by Crippen LogP contribution is -2.42. The van der Waals surface area contributed by atoms with Crippen LogP contribution in [0.3, 0.4) is 0 Å². The summed E-state index contributed by atoms with van der Waals surface area (Å²) >= 11 is 0. The molecule has 7 nitrogen and oxygen atoms in total. The predicted molar refractivity (Wildman–Crippen MR) is 60.2 cm³/mol. The first-order chi connectivity index (χ1) is 8.30. The first-order valence-electron chi connectivity index (χ1n) is 5.11. The molecule has 1 rings (SSSR count). The van der Waals surface area contributed by atoms with Crippen molar-refractivity contribution in [2.75, 3.05) is 6.54 Å². The average Bonchev–Trinajstić information content (AvgIpc) is 2.25. The van der Waals surface area contributed by atoms with Crippen molar-refractivity contribution in [2.24, 2.45) is 0 Å². The number of carboxylic acid groups (broad SMARTS) is 1. The minimum atomic E-state index is -1.54. The number of hydrogen-bond acceptors (Lipinski definition) is 5. The van der Waals surface area contributed by atoms with Crippen LogP contribution in [0.2, 0.25) is 0 Å². The van der Waals surface area contributed by atoms with Gasteiger partial charge in [-0.15, -0.1) is 0 Å². The van der Waals surface area contributed by atoms with Crippen molar-refractivity contribution < 1.29 is 24.2 Å². The van der Waals surface area contributed by atoms with E-state index in [0.29, 0.717) is 0 Å². The van der Waals surface area contributed by atoms with Crippen LogP contribution >= 0.6 is 0 Å². The molecule has 1 atom stereocenters. The van der Waals surface area contributed by atoms with E-state index < -0.39 is 29.5 Å². The standard InChI is InChI=1S/C11H13NO6/c1-11(17,4-8(13)14)6-12-10(16)7-2-3-9(15)18-5-7/h2-3,5,17H,4,6H2,1H3,(H,12,16)(H,13,14). The molecule has 0 spiro atoms. The van der Waals surface area contributed by atoms with E-state index in [2.05, 4.69) is 9.73 Å². The summed E-state index contributed by atoms with van der Waals surface area (Å²) in [4.78, 5) is 32.7. The zero-order valence-corrected chi connectivity index (χ0v) is 9.67. The van der Waals surface area contributed by atoms with Gasteiger partial charge in [0.2, 0.25) is 0 Å². The smallest absolute Gasteiger partial charge is 0.335 e. The average molecular weight is 255 g/mol. The Morgan fingerprint density at radius 2 is 2.11 bits per heavy atom. The van der Waals surface area contributed by atoms with Gasteiger partial charge in [0.05, 0.1) is 17.6 Å². The van der Waals surface area contributed by atoms with E-state index in [4.69, 9.17) is 5.11 Å². The van der Waals surface area contributed by atoms with E-state index in [1.165, 1.54) is 13.0 Å². The Morgan fingerprint density at radius 3 is 2.61 bits per heavy atom. The number of carbonyl (C=O) groups is 2. The van der Waals surface area contributed by atoms with Gasteiger partial charge in [-0.2, -0.15) is 0 Å². The summed E-state index contributed by atoms with van der Waals surface area (Å²) in [6, 6.07) is 2.36. The Morgan fingerprint density at radius 1 is 1.44 bits per heavy atom. The van der Waals surface area contributed by atoms with Crippen LogP contribution in [0, 0.1) is 0 Å². The summed E-state index contributed by atoms with van der Waals surface area (Å²) in [5.41, 5.74) is -2.01. The number of aliphatic hydroxyl groups is 1. The fourth-order valence-corrected chi connectivity index (χ4v) is 1.25. The molecule has 1 heterocycles. The molecule has 7 heteroatoms. The molecule has 98 valence electrons. The highest BCUT2D eigenvalue weighted by atomic mass is 16.4. The number of carbonyl (C=O) groups excluding carboxylic acids is 1. The van der Waals surface area contributed by atoms with Gasteiger partial charge in [-0.3, -0.25) is 9.59 Å². The second-order valence-corrected chi connectivity index (χ2v) is 4.09. The van der Waals surface area contributed by atoms with Gasteiger partial charge in [-0.25, -0.2) is 4.79 Å². The van der Waals surface area contributed by atoms with E-state index >= 15 is 0 Å². The van der Waals surface area contributed by atoms with Crippen molar-refractivity contribution in [1.29, 1.82) is 0 Å². The van der Waals surface area contributed by atoms with Gasteiger partial charge in [-0.05, 0) is 13.0 Å². The molecule has 18 heavy (non-hydrogen) atoms. The van der Waals surface area contributed by atoms with Crippen molar-refractivity contribution >= 4 is 11.9 Å². The van der Waals surface area contributed by atoms with Gasteiger partial charge in [-0.1, -0.05) is 0 Å². The molecular formula is C11H13NO6. The van der Waals surface area contributed by atoms with Gasteiger partial charge in [0, 0.05) is 12.6 Å². The van der Waals surface area contributed by atoms with Crippen molar-refractivity contribution in [2.45, 2.75) is 18.9 Å². The molecule has 1 amide bonds. The van der Waals surface area contributed by atoms with E-state index in [1.807, 2.05) is 0 Å². The first-order valence-corrected chi connectivity index (χ1v) is 5.11. The second-order valence-electron chi connectivity index (χ2n) is 4.09. The van der Waals surface area contributed by atoms with Gasteiger partial charge < -0.3 is 19.9 Å². The van der Waals surface area contributed by atoms with Crippen LogP contribution in [0.4, 0.5) is 0 Å². The van der Waals surface area contributed by atoms with Gasteiger partial charge in [0.25, 0.3) is 5.91 Å². The molecule has 1 aromatic rings. The molecule has 0 saturated heterocycles. The van der Waals surface area contributed by atoms with Gasteiger partial charge >= 0.3 is 11.6 Å². The summed E-state index contributed by atoms with van der Waals surface area (Å²) in [6.07, 6.45) is 0.501. The molecule has 0 saturated carbocycles. The number of rotatable bonds is 5. The molecule has 0 aliphatic carbocycles. The number of aliphatic carboxylic acids is 1. The molecule has 0 aromatic carbocycles. The zero-order chi connectivity index (χ0) is 13.8. The number of amides is 1. The van der Waals surface area contributed by atoms with Crippen molar-refractivity contribution in [1.82, 2.24) is 5.32 Å². The van der Waals surface area contributed by atoms with Crippen molar-refractivity contribution in [3.05, 3.63) is 34.4 Å². The van der Waals surface area contributed by atoms with Crippen LogP contribution in [-0.4, -0.2) is 34.2 Å². The highest BCUT2D eigenvalue weighted by Gasteiger charge is 2.25. The lowest BCUT2D eigenvalue weighted by molar-refractivity contribution is -0.141. The fraction of sp³-hybridized carbons (Fsp3) is 0.364. The molecule has 1 aromatic heterocycles. The first kappa shape index (κ1) is 13.9. The minimum absolute atomic E-state index is 0.112. The summed E-state index contributed by atoms with van der Waals surface area (Å²) in [5, 5.41) is 20.5. The van der Waals surface area contributed by atoms with Crippen LogP contribution in [0.25, 0.3) is 0 Å². The third-order valence-electron chi connectivity index (χ3n) is 2.13. The SMILES string of the molecule is CC(O)(CNC(=O)c1ccc(=O)oc1)CC(=O)O. The number of carboxylic acids is 1. The van der Waals surface area contributed by atoms with Crippen molar-refractivity contribution in [3.8, 4) is 0 Å². The van der Waals surface area contributed by atoms with E-state index in [0.717, 1.165) is 12.3 Å². The summed E-state index contributed by atoms with van der Waals surface area (Å²) in [7, 11) is 0. The molecule has 0 bridgehead atoms. The normalized spacial score (nSPS) is 13.7. The quantitative estimate of drug-likeness (QED) is 0.658. The number of hydrogen-bond donors (Lipinski definition) is 3. The maximum absolute atomic E-state index is 11.6. The van der Waals surface area contributed by atoms with Crippen LogP contribution in [0.5, 0.6) is 0 Å². The van der Waals surface area contributed by atoms with Gasteiger partial charge in [0.15, 0.2) is 0 Å². The molecule has 0 aliphatic rings. The summed E-state index contributed by atoms with van der Waals surface area (Å²) in [5.74, 6) is -1.73. The summed E-state index contributed by atoms with van der Waals surface area (Å²) in [6.45, 7) is 1.07. The van der Waals surface area contributed by atoms with E-state index in [9.17, 15) is 19.5 Å². The van der Waals surface area contributed by atoms with E-state index in [-0.39, 0.29) is 12.1 Å². The predicted octanol–water partition coefficient (Wildman–Crippen LogP) is -0.405. The zero-order valence-electron chi connectivity index (χ0n) is 9.67. The molecule has 1 unspecified atom stereocenters. The molecular weight excluding hydrogens is 242 g/mol. The van der Waals surface area contributed by atoms with Crippen LogP contribution in [-0.2, 0) is 4.79 Å². The van der Waals surface area contributed by atoms with Crippen LogP contribution in [0.15, 0.2) is 27.6 Å². The second kappa shape index (κ2) is 5.46. The Bertz CT molecular complexity index is 484. The highest BCUT2D eigenvalue weighted by Crippen LogP contribution is 2.07. The molecule has 3 N–H and O–H groups in total. The largest absolute Gasteiger partial charge is 0.481 e. The maximum Gasteiger partial charge on any atom is 0.335 e. The molecule has 0 radical (unpaired) electrons. The molecule has 0 aliphatic heterocycles. The third kappa shape index (κ3) is 4.38. The summed E-state index contributed by atoms with van der Waals surface area (Å²) < 4.78 is 4.50. The van der Waals surface area contributed by atoms with Crippen LogP contribution < -0.4 is 10.9 Å². The Kier molecular flexibility index (Phi) is 4.22. The Balaban J connectivity index is 2.58. The van der Waals surface area contributed by atoms with Crippen LogP contribution in [0.1, 0.15) is 23.7 Å². The fourth-order valence-electron chi connectivity index (χ4n) is 1.25. The Hall–Kier alpha value is -2.15. The lowest BCUT2D eigenvalue weighted by atomic mass is 10.0.